The third kappa shape index (κ3) is 3.49. The third-order valence-electron chi connectivity index (χ3n) is 4.79. The molecule has 2 aliphatic rings. The number of hydrogen-bond donors (Lipinski definition) is 2. The molecule has 1 aliphatic heterocycles. The highest BCUT2D eigenvalue weighted by Crippen LogP contribution is 2.29. The van der Waals surface area contributed by atoms with E-state index in [4.69, 9.17) is 0 Å². The first-order valence-electron chi connectivity index (χ1n) is 8.23. The molecule has 2 heteroatoms. The highest BCUT2D eigenvalue weighted by Gasteiger charge is 2.15. The molecule has 0 amide bonds. The van der Waals surface area contributed by atoms with Gasteiger partial charge >= 0.3 is 0 Å². The van der Waals surface area contributed by atoms with E-state index in [0.29, 0.717) is 0 Å². The first-order chi connectivity index (χ1) is 10.2. The standard InChI is InChI=1S/C19H26N2/c1-14-8-9-17-10-11-18(12-19(17)21-14)15(2)20-13-16-6-4-3-5-7-16/h10-12,16,20-21H,1-9,13H2. The number of aryl methyl sites for hydroxylation is 1. The molecule has 0 spiro atoms. The second-order valence-corrected chi connectivity index (χ2v) is 6.46. The SMILES string of the molecule is C=C1CCc2ccc(C(=C)NCC3CCCCC3)cc2N1. The summed E-state index contributed by atoms with van der Waals surface area (Å²) in [5, 5.41) is 6.94. The summed E-state index contributed by atoms with van der Waals surface area (Å²) in [6.45, 7) is 9.32. The van der Waals surface area contributed by atoms with Gasteiger partial charge in [-0.2, -0.15) is 0 Å². The van der Waals surface area contributed by atoms with Gasteiger partial charge in [0, 0.05) is 23.6 Å². The number of rotatable bonds is 4. The molecule has 0 unspecified atom stereocenters. The predicted octanol–water partition coefficient (Wildman–Crippen LogP) is 4.70. The molecule has 0 aromatic heterocycles. The number of allylic oxidation sites excluding steroid dienone is 1. The first-order valence-corrected chi connectivity index (χ1v) is 8.23. The largest absolute Gasteiger partial charge is 0.385 e. The van der Waals surface area contributed by atoms with Gasteiger partial charge in [0.2, 0.25) is 0 Å². The summed E-state index contributed by atoms with van der Waals surface area (Å²) in [7, 11) is 0. The molecular formula is C19H26N2. The van der Waals surface area contributed by atoms with E-state index in [1.54, 1.807) is 0 Å². The second kappa shape index (κ2) is 6.38. The topological polar surface area (TPSA) is 24.1 Å². The van der Waals surface area contributed by atoms with Crippen molar-refractivity contribution in [3.05, 3.63) is 48.2 Å². The van der Waals surface area contributed by atoms with Crippen molar-refractivity contribution >= 4 is 11.4 Å². The molecule has 112 valence electrons. The van der Waals surface area contributed by atoms with Crippen LogP contribution in [0, 0.1) is 5.92 Å². The van der Waals surface area contributed by atoms with E-state index in [9.17, 15) is 0 Å². The molecule has 21 heavy (non-hydrogen) atoms. The first kappa shape index (κ1) is 14.2. The Morgan fingerprint density at radius 3 is 2.81 bits per heavy atom. The molecule has 1 saturated carbocycles. The molecule has 1 aliphatic carbocycles. The van der Waals surface area contributed by atoms with Gasteiger partial charge in [-0.25, -0.2) is 0 Å². The molecule has 2 nitrogen and oxygen atoms in total. The van der Waals surface area contributed by atoms with Crippen LogP contribution in [0.1, 0.15) is 49.7 Å². The van der Waals surface area contributed by atoms with Gasteiger partial charge in [-0.3, -0.25) is 0 Å². The summed E-state index contributed by atoms with van der Waals surface area (Å²) in [5.41, 5.74) is 5.92. The van der Waals surface area contributed by atoms with Crippen LogP contribution in [-0.2, 0) is 6.42 Å². The van der Waals surface area contributed by atoms with Crippen molar-refractivity contribution in [2.45, 2.75) is 44.9 Å². The van der Waals surface area contributed by atoms with E-state index in [1.807, 2.05) is 0 Å². The van der Waals surface area contributed by atoms with Gasteiger partial charge in [-0.05, 0) is 48.8 Å². The van der Waals surface area contributed by atoms with Crippen LogP contribution in [-0.4, -0.2) is 6.54 Å². The summed E-state index contributed by atoms with van der Waals surface area (Å²) in [6, 6.07) is 6.61. The number of benzene rings is 1. The maximum atomic E-state index is 4.22. The molecule has 1 aromatic carbocycles. The number of fused-ring (bicyclic) bond motifs is 1. The summed E-state index contributed by atoms with van der Waals surface area (Å²) < 4.78 is 0. The Balaban J connectivity index is 1.61. The zero-order valence-electron chi connectivity index (χ0n) is 12.9. The Morgan fingerprint density at radius 2 is 2.00 bits per heavy atom. The average Bonchev–Trinajstić information content (AvgIpc) is 2.53. The molecule has 1 heterocycles. The van der Waals surface area contributed by atoms with Crippen LogP contribution < -0.4 is 10.6 Å². The van der Waals surface area contributed by atoms with Crippen LogP contribution in [0.5, 0.6) is 0 Å². The summed E-state index contributed by atoms with van der Waals surface area (Å²) in [6.07, 6.45) is 9.06. The van der Waals surface area contributed by atoms with Crippen LogP contribution >= 0.6 is 0 Å². The van der Waals surface area contributed by atoms with Crippen LogP contribution in [0.3, 0.4) is 0 Å². The van der Waals surface area contributed by atoms with Gasteiger partial charge in [0.15, 0.2) is 0 Å². The van der Waals surface area contributed by atoms with Crippen molar-refractivity contribution in [1.82, 2.24) is 5.32 Å². The number of nitrogens with one attached hydrogen (secondary N) is 2. The maximum absolute atomic E-state index is 4.22. The summed E-state index contributed by atoms with van der Waals surface area (Å²) in [4.78, 5) is 0. The van der Waals surface area contributed by atoms with E-state index >= 15 is 0 Å². The fraction of sp³-hybridized carbons (Fsp3) is 0.474. The van der Waals surface area contributed by atoms with Gasteiger partial charge in [-0.1, -0.05) is 44.6 Å². The minimum absolute atomic E-state index is 0.825. The molecular weight excluding hydrogens is 256 g/mol. The van der Waals surface area contributed by atoms with Crippen LogP contribution in [0.2, 0.25) is 0 Å². The van der Waals surface area contributed by atoms with Crippen LogP contribution in [0.4, 0.5) is 5.69 Å². The third-order valence-corrected chi connectivity index (χ3v) is 4.79. The van der Waals surface area contributed by atoms with Gasteiger partial charge in [-0.15, -0.1) is 0 Å². The zero-order chi connectivity index (χ0) is 14.7. The predicted molar refractivity (Wildman–Crippen MR) is 91.1 cm³/mol. The quantitative estimate of drug-likeness (QED) is 0.836. The lowest BCUT2D eigenvalue weighted by Crippen LogP contribution is -2.23. The number of hydrogen-bond acceptors (Lipinski definition) is 2. The van der Waals surface area contributed by atoms with Gasteiger partial charge < -0.3 is 10.6 Å². The highest BCUT2D eigenvalue weighted by atomic mass is 14.9. The fourth-order valence-electron chi connectivity index (χ4n) is 3.40. The lowest BCUT2D eigenvalue weighted by molar-refractivity contribution is 0.355. The van der Waals surface area contributed by atoms with Crippen molar-refractivity contribution < 1.29 is 0 Å². The van der Waals surface area contributed by atoms with E-state index in [-0.39, 0.29) is 0 Å². The Kier molecular flexibility index (Phi) is 4.33. The zero-order valence-corrected chi connectivity index (χ0v) is 12.9. The number of anilines is 1. The minimum Gasteiger partial charge on any atom is -0.385 e. The molecule has 0 saturated heterocycles. The second-order valence-electron chi connectivity index (χ2n) is 6.46. The Morgan fingerprint density at radius 1 is 1.19 bits per heavy atom. The lowest BCUT2D eigenvalue weighted by Gasteiger charge is -2.24. The molecule has 0 bridgehead atoms. The van der Waals surface area contributed by atoms with E-state index < -0.39 is 0 Å². The van der Waals surface area contributed by atoms with Gasteiger partial charge in [0.25, 0.3) is 0 Å². The van der Waals surface area contributed by atoms with Crippen molar-refractivity contribution in [1.29, 1.82) is 0 Å². The molecule has 3 rings (SSSR count). The van der Waals surface area contributed by atoms with Gasteiger partial charge in [0.1, 0.15) is 0 Å². The van der Waals surface area contributed by atoms with Crippen molar-refractivity contribution in [2.75, 3.05) is 11.9 Å². The summed E-state index contributed by atoms with van der Waals surface area (Å²) >= 11 is 0. The maximum Gasteiger partial charge on any atom is 0.0421 e. The molecule has 2 N–H and O–H groups in total. The average molecular weight is 282 g/mol. The normalized spacial score (nSPS) is 18.8. The van der Waals surface area contributed by atoms with E-state index in [1.165, 1.54) is 48.9 Å². The van der Waals surface area contributed by atoms with Crippen molar-refractivity contribution in [2.24, 2.45) is 5.92 Å². The van der Waals surface area contributed by atoms with Gasteiger partial charge in [0.05, 0.1) is 0 Å². The fourth-order valence-corrected chi connectivity index (χ4v) is 3.40. The van der Waals surface area contributed by atoms with Crippen LogP contribution in [0.15, 0.2) is 37.1 Å². The minimum atomic E-state index is 0.825. The molecule has 0 atom stereocenters. The smallest absolute Gasteiger partial charge is 0.0421 e. The molecule has 1 aromatic rings. The molecule has 0 radical (unpaired) electrons. The van der Waals surface area contributed by atoms with E-state index in [0.717, 1.165) is 36.7 Å². The van der Waals surface area contributed by atoms with Crippen molar-refractivity contribution in [3.8, 4) is 0 Å². The lowest BCUT2D eigenvalue weighted by atomic mass is 9.89. The Labute approximate surface area is 128 Å². The molecule has 1 fully saturated rings. The van der Waals surface area contributed by atoms with Crippen LogP contribution in [0.25, 0.3) is 5.70 Å². The van der Waals surface area contributed by atoms with Crippen molar-refractivity contribution in [3.63, 3.8) is 0 Å². The highest BCUT2D eigenvalue weighted by molar-refractivity contribution is 5.69. The monoisotopic (exact) mass is 282 g/mol. The summed E-state index contributed by atoms with van der Waals surface area (Å²) in [5.74, 6) is 0.825. The Hall–Kier alpha value is -1.70. The Bertz CT molecular complexity index is 538. The van der Waals surface area contributed by atoms with E-state index in [2.05, 4.69) is 42.0 Å².